The quantitative estimate of drug-likeness (QED) is 0.781. The predicted molar refractivity (Wildman–Crippen MR) is 71.5 cm³/mol. The Morgan fingerprint density at radius 1 is 1.25 bits per heavy atom. The van der Waals surface area contributed by atoms with Gasteiger partial charge < -0.3 is 5.73 Å². The lowest BCUT2D eigenvalue weighted by Gasteiger charge is -2.43. The van der Waals surface area contributed by atoms with Gasteiger partial charge in [0, 0.05) is 18.1 Å². The molecule has 0 aromatic heterocycles. The summed E-state index contributed by atoms with van der Waals surface area (Å²) < 4.78 is 0. The minimum atomic E-state index is 0.399. The van der Waals surface area contributed by atoms with Gasteiger partial charge in [0.25, 0.3) is 0 Å². The Bertz CT molecular complexity index is 191. The van der Waals surface area contributed by atoms with E-state index in [1.54, 1.807) is 0 Å². The van der Waals surface area contributed by atoms with Crippen LogP contribution in [-0.2, 0) is 0 Å². The Balaban J connectivity index is 2.60. The second-order valence-electron chi connectivity index (χ2n) is 5.62. The van der Waals surface area contributed by atoms with Gasteiger partial charge in [0.2, 0.25) is 0 Å². The summed E-state index contributed by atoms with van der Waals surface area (Å²) in [6.07, 6.45) is 6.60. The third-order valence-corrected chi connectivity index (χ3v) is 4.13. The maximum Gasteiger partial charge on any atom is 0.0252 e. The van der Waals surface area contributed by atoms with Gasteiger partial charge in [-0.2, -0.15) is 0 Å². The molecule has 0 bridgehead atoms. The van der Waals surface area contributed by atoms with Crippen molar-refractivity contribution in [3.05, 3.63) is 0 Å². The summed E-state index contributed by atoms with van der Waals surface area (Å²) in [6, 6.07) is 1.65. The average Bonchev–Trinajstić information content (AvgIpc) is 2.23. The summed E-state index contributed by atoms with van der Waals surface area (Å²) in [5.74, 6) is 0.919. The van der Waals surface area contributed by atoms with E-state index in [0.29, 0.717) is 18.1 Å². The van der Waals surface area contributed by atoms with Crippen LogP contribution in [0, 0.1) is 5.92 Å². The van der Waals surface area contributed by atoms with Crippen molar-refractivity contribution in [1.82, 2.24) is 4.90 Å². The van der Waals surface area contributed by atoms with Crippen LogP contribution in [0.3, 0.4) is 0 Å². The second-order valence-corrected chi connectivity index (χ2v) is 5.62. The number of nitrogens with two attached hydrogens (primary N) is 1. The van der Waals surface area contributed by atoms with Gasteiger partial charge in [-0.25, -0.2) is 0 Å². The largest absolute Gasteiger partial charge is 0.326 e. The molecular formula is C14H30N2. The zero-order chi connectivity index (χ0) is 12.1. The van der Waals surface area contributed by atoms with Gasteiger partial charge in [0.05, 0.1) is 0 Å². The Morgan fingerprint density at radius 2 is 1.94 bits per heavy atom. The maximum absolute atomic E-state index is 6.31. The molecule has 1 aliphatic rings. The fraction of sp³-hybridized carbons (Fsp3) is 1.00. The normalized spacial score (nSPS) is 31.3. The lowest BCUT2D eigenvalue weighted by Crippen LogP contribution is -2.53. The molecule has 3 unspecified atom stereocenters. The van der Waals surface area contributed by atoms with Crippen molar-refractivity contribution in [1.29, 1.82) is 0 Å². The SMILES string of the molecule is CCCC1CCC(N)C(N(CC)C(C)C)C1. The van der Waals surface area contributed by atoms with Gasteiger partial charge in [0.15, 0.2) is 0 Å². The molecule has 0 aromatic carbocycles. The van der Waals surface area contributed by atoms with Crippen molar-refractivity contribution >= 4 is 0 Å². The molecule has 1 fully saturated rings. The molecule has 3 atom stereocenters. The number of nitrogens with zero attached hydrogens (tertiary/aromatic N) is 1. The van der Waals surface area contributed by atoms with E-state index in [0.717, 1.165) is 12.5 Å². The van der Waals surface area contributed by atoms with Crippen LogP contribution in [0.4, 0.5) is 0 Å². The molecule has 1 aliphatic carbocycles. The van der Waals surface area contributed by atoms with E-state index < -0.39 is 0 Å². The van der Waals surface area contributed by atoms with Crippen molar-refractivity contribution in [2.75, 3.05) is 6.54 Å². The number of rotatable bonds is 5. The highest BCUT2D eigenvalue weighted by Crippen LogP contribution is 2.30. The van der Waals surface area contributed by atoms with Gasteiger partial charge >= 0.3 is 0 Å². The van der Waals surface area contributed by atoms with Crippen molar-refractivity contribution in [3.63, 3.8) is 0 Å². The van der Waals surface area contributed by atoms with Crippen molar-refractivity contribution in [3.8, 4) is 0 Å². The number of hydrogen-bond donors (Lipinski definition) is 1. The minimum Gasteiger partial charge on any atom is -0.326 e. The predicted octanol–water partition coefficient (Wildman–Crippen LogP) is 3.01. The highest BCUT2D eigenvalue weighted by Gasteiger charge is 2.32. The summed E-state index contributed by atoms with van der Waals surface area (Å²) in [4.78, 5) is 2.59. The first-order valence-corrected chi connectivity index (χ1v) is 7.11. The molecule has 16 heavy (non-hydrogen) atoms. The molecule has 0 spiro atoms. The van der Waals surface area contributed by atoms with E-state index >= 15 is 0 Å². The Kier molecular flexibility index (Phi) is 5.77. The van der Waals surface area contributed by atoms with Gasteiger partial charge in [-0.1, -0.05) is 26.7 Å². The summed E-state index contributed by atoms with van der Waals surface area (Å²) >= 11 is 0. The smallest absolute Gasteiger partial charge is 0.0252 e. The monoisotopic (exact) mass is 226 g/mol. The van der Waals surface area contributed by atoms with Gasteiger partial charge in [-0.05, 0) is 45.6 Å². The molecule has 0 amide bonds. The Hall–Kier alpha value is -0.0800. The molecule has 0 aromatic rings. The van der Waals surface area contributed by atoms with Crippen LogP contribution in [0.25, 0.3) is 0 Å². The standard InChI is InChI=1S/C14H30N2/c1-5-7-12-8-9-13(15)14(10-12)16(6-2)11(3)4/h11-14H,5-10,15H2,1-4H3. The van der Waals surface area contributed by atoms with E-state index in [2.05, 4.69) is 32.6 Å². The van der Waals surface area contributed by atoms with Crippen LogP contribution in [-0.4, -0.2) is 29.6 Å². The topological polar surface area (TPSA) is 29.3 Å². The Labute approximate surface area is 102 Å². The first kappa shape index (κ1) is 14.0. The van der Waals surface area contributed by atoms with E-state index in [-0.39, 0.29) is 0 Å². The third kappa shape index (κ3) is 3.46. The first-order chi connectivity index (χ1) is 7.60. The fourth-order valence-corrected chi connectivity index (χ4v) is 3.29. The molecule has 0 saturated heterocycles. The molecule has 2 heteroatoms. The highest BCUT2D eigenvalue weighted by atomic mass is 15.2. The van der Waals surface area contributed by atoms with Crippen LogP contribution >= 0.6 is 0 Å². The maximum atomic E-state index is 6.31. The van der Waals surface area contributed by atoms with Crippen LogP contribution in [0.1, 0.15) is 59.8 Å². The number of likely N-dealkylation sites (N-methyl/N-ethyl adjacent to an activating group) is 1. The molecule has 96 valence electrons. The summed E-state index contributed by atoms with van der Waals surface area (Å²) in [5, 5.41) is 0. The zero-order valence-corrected chi connectivity index (χ0v) is 11.6. The van der Waals surface area contributed by atoms with Crippen molar-refractivity contribution in [2.45, 2.75) is 77.9 Å². The third-order valence-electron chi connectivity index (χ3n) is 4.13. The van der Waals surface area contributed by atoms with E-state index in [1.165, 1.54) is 32.1 Å². The van der Waals surface area contributed by atoms with Crippen molar-refractivity contribution in [2.24, 2.45) is 11.7 Å². The van der Waals surface area contributed by atoms with Gasteiger partial charge in [-0.3, -0.25) is 4.90 Å². The first-order valence-electron chi connectivity index (χ1n) is 7.11. The molecule has 1 saturated carbocycles. The van der Waals surface area contributed by atoms with Crippen LogP contribution in [0.5, 0.6) is 0 Å². The van der Waals surface area contributed by atoms with Crippen LogP contribution < -0.4 is 5.73 Å². The van der Waals surface area contributed by atoms with E-state index in [1.807, 2.05) is 0 Å². The molecule has 0 heterocycles. The number of hydrogen-bond acceptors (Lipinski definition) is 2. The zero-order valence-electron chi connectivity index (χ0n) is 11.6. The highest BCUT2D eigenvalue weighted by molar-refractivity contribution is 4.90. The molecule has 1 rings (SSSR count). The van der Waals surface area contributed by atoms with E-state index in [4.69, 9.17) is 5.73 Å². The lowest BCUT2D eigenvalue weighted by molar-refractivity contribution is 0.0868. The fourth-order valence-electron chi connectivity index (χ4n) is 3.29. The lowest BCUT2D eigenvalue weighted by atomic mass is 9.79. The molecule has 0 aliphatic heterocycles. The molecular weight excluding hydrogens is 196 g/mol. The molecule has 0 radical (unpaired) electrons. The summed E-state index contributed by atoms with van der Waals surface area (Å²) in [5.41, 5.74) is 6.31. The average molecular weight is 226 g/mol. The molecule has 2 N–H and O–H groups in total. The van der Waals surface area contributed by atoms with Gasteiger partial charge in [0.1, 0.15) is 0 Å². The summed E-state index contributed by atoms with van der Waals surface area (Å²) in [6.45, 7) is 10.3. The van der Waals surface area contributed by atoms with E-state index in [9.17, 15) is 0 Å². The van der Waals surface area contributed by atoms with Crippen LogP contribution in [0.15, 0.2) is 0 Å². The van der Waals surface area contributed by atoms with Crippen LogP contribution in [0.2, 0.25) is 0 Å². The van der Waals surface area contributed by atoms with Gasteiger partial charge in [-0.15, -0.1) is 0 Å². The summed E-state index contributed by atoms with van der Waals surface area (Å²) in [7, 11) is 0. The second kappa shape index (κ2) is 6.61. The Morgan fingerprint density at radius 3 is 2.44 bits per heavy atom. The molecule has 2 nitrogen and oxygen atoms in total. The van der Waals surface area contributed by atoms with Crippen molar-refractivity contribution < 1.29 is 0 Å². The minimum absolute atomic E-state index is 0.399.